The SMILES string of the molecule is CN=C(NCCc1cccc(OC)c1)N(C)CCC1CCOCC1.I. The summed E-state index contributed by atoms with van der Waals surface area (Å²) in [6, 6.07) is 8.21. The van der Waals surface area contributed by atoms with Crippen LogP contribution in [0.4, 0.5) is 0 Å². The number of nitrogens with zero attached hydrogens (tertiary/aromatic N) is 2. The van der Waals surface area contributed by atoms with E-state index in [1.54, 1.807) is 7.11 Å². The fourth-order valence-electron chi connectivity index (χ4n) is 3.05. The second-order valence-corrected chi connectivity index (χ2v) is 6.34. The molecule has 6 heteroatoms. The van der Waals surface area contributed by atoms with E-state index in [4.69, 9.17) is 9.47 Å². The van der Waals surface area contributed by atoms with E-state index < -0.39 is 0 Å². The minimum atomic E-state index is 0. The third-order valence-corrected chi connectivity index (χ3v) is 4.62. The lowest BCUT2D eigenvalue weighted by atomic mass is 9.96. The fourth-order valence-corrected chi connectivity index (χ4v) is 3.05. The van der Waals surface area contributed by atoms with Gasteiger partial charge in [0.05, 0.1) is 7.11 Å². The van der Waals surface area contributed by atoms with E-state index in [0.29, 0.717) is 0 Å². The van der Waals surface area contributed by atoms with Crippen LogP contribution in [-0.2, 0) is 11.2 Å². The Morgan fingerprint density at radius 2 is 2.12 bits per heavy atom. The van der Waals surface area contributed by atoms with Crippen LogP contribution in [0.5, 0.6) is 5.75 Å². The zero-order chi connectivity index (χ0) is 17.2. The topological polar surface area (TPSA) is 46.1 Å². The molecule has 1 aliphatic heterocycles. The molecule has 0 bridgehead atoms. The minimum Gasteiger partial charge on any atom is -0.497 e. The Hall–Kier alpha value is -1.02. The summed E-state index contributed by atoms with van der Waals surface area (Å²) < 4.78 is 10.7. The summed E-state index contributed by atoms with van der Waals surface area (Å²) in [4.78, 5) is 6.62. The van der Waals surface area contributed by atoms with Crippen molar-refractivity contribution in [3.8, 4) is 5.75 Å². The van der Waals surface area contributed by atoms with Crippen molar-refractivity contribution in [2.45, 2.75) is 25.7 Å². The molecule has 1 aliphatic rings. The predicted octanol–water partition coefficient (Wildman–Crippen LogP) is 3.18. The standard InChI is InChI=1S/C19H31N3O2.HI/c1-20-19(22(2)12-8-16-9-13-24-14-10-16)21-11-7-17-5-4-6-18(15-17)23-3;/h4-6,15-16H,7-14H2,1-3H3,(H,20,21);1H. The molecule has 1 aromatic rings. The van der Waals surface area contributed by atoms with Crippen LogP contribution in [0.3, 0.4) is 0 Å². The second kappa shape index (κ2) is 12.4. The van der Waals surface area contributed by atoms with Gasteiger partial charge in [-0.05, 0) is 49.3 Å². The first-order valence-electron chi connectivity index (χ1n) is 8.85. The molecule has 0 saturated carbocycles. The van der Waals surface area contributed by atoms with Crippen LogP contribution in [0.2, 0.25) is 0 Å². The van der Waals surface area contributed by atoms with Crippen molar-refractivity contribution in [2.24, 2.45) is 10.9 Å². The van der Waals surface area contributed by atoms with Crippen LogP contribution in [0, 0.1) is 5.92 Å². The summed E-state index contributed by atoms with van der Waals surface area (Å²) in [5.74, 6) is 2.66. The number of hydrogen-bond acceptors (Lipinski definition) is 3. The molecule has 0 aliphatic carbocycles. The van der Waals surface area contributed by atoms with Gasteiger partial charge in [0.2, 0.25) is 0 Å². The van der Waals surface area contributed by atoms with E-state index in [1.165, 1.54) is 24.8 Å². The quantitative estimate of drug-likeness (QED) is 0.385. The smallest absolute Gasteiger partial charge is 0.193 e. The van der Waals surface area contributed by atoms with Gasteiger partial charge in [-0.25, -0.2) is 0 Å². The van der Waals surface area contributed by atoms with E-state index in [0.717, 1.165) is 50.4 Å². The van der Waals surface area contributed by atoms with Crippen molar-refractivity contribution >= 4 is 29.9 Å². The summed E-state index contributed by atoms with van der Waals surface area (Å²) in [6.07, 6.45) is 4.53. The third-order valence-electron chi connectivity index (χ3n) is 4.62. The van der Waals surface area contributed by atoms with Gasteiger partial charge >= 0.3 is 0 Å². The number of nitrogens with one attached hydrogen (secondary N) is 1. The van der Waals surface area contributed by atoms with Gasteiger partial charge in [-0.3, -0.25) is 4.99 Å². The van der Waals surface area contributed by atoms with Crippen molar-refractivity contribution in [3.05, 3.63) is 29.8 Å². The maximum atomic E-state index is 5.43. The molecular formula is C19H32IN3O2. The van der Waals surface area contributed by atoms with E-state index in [1.807, 2.05) is 19.2 Å². The highest BCUT2D eigenvalue weighted by atomic mass is 127. The number of ether oxygens (including phenoxy) is 2. The van der Waals surface area contributed by atoms with Crippen molar-refractivity contribution in [2.75, 3.05) is 47.5 Å². The molecule has 2 rings (SSSR count). The summed E-state index contributed by atoms with van der Waals surface area (Å²) >= 11 is 0. The van der Waals surface area contributed by atoms with Crippen LogP contribution in [-0.4, -0.2) is 58.4 Å². The normalized spacial score (nSPS) is 15.4. The lowest BCUT2D eigenvalue weighted by Crippen LogP contribution is -2.40. The zero-order valence-corrected chi connectivity index (χ0v) is 18.0. The van der Waals surface area contributed by atoms with Crippen molar-refractivity contribution in [1.82, 2.24) is 10.2 Å². The monoisotopic (exact) mass is 461 g/mol. The van der Waals surface area contributed by atoms with Gasteiger partial charge in [0.15, 0.2) is 5.96 Å². The molecular weight excluding hydrogens is 429 g/mol. The van der Waals surface area contributed by atoms with Gasteiger partial charge in [0.1, 0.15) is 5.75 Å². The highest BCUT2D eigenvalue weighted by molar-refractivity contribution is 14.0. The summed E-state index contributed by atoms with van der Waals surface area (Å²) in [7, 11) is 5.66. The Kier molecular flexibility index (Phi) is 10.9. The Bertz CT molecular complexity index is 519. The van der Waals surface area contributed by atoms with E-state index in [2.05, 4.69) is 34.4 Å². The number of methoxy groups -OCH3 is 1. The van der Waals surface area contributed by atoms with Crippen LogP contribution in [0.15, 0.2) is 29.3 Å². The molecule has 0 spiro atoms. The van der Waals surface area contributed by atoms with Crippen molar-refractivity contribution < 1.29 is 9.47 Å². The predicted molar refractivity (Wildman–Crippen MR) is 114 cm³/mol. The Morgan fingerprint density at radius 3 is 2.80 bits per heavy atom. The molecule has 5 nitrogen and oxygen atoms in total. The molecule has 142 valence electrons. The molecule has 0 atom stereocenters. The van der Waals surface area contributed by atoms with Gasteiger partial charge in [0.25, 0.3) is 0 Å². The fraction of sp³-hybridized carbons (Fsp3) is 0.632. The Morgan fingerprint density at radius 1 is 1.36 bits per heavy atom. The summed E-state index contributed by atoms with van der Waals surface area (Å²) in [5.41, 5.74) is 1.27. The Balaban J connectivity index is 0.00000312. The molecule has 1 aromatic carbocycles. The largest absolute Gasteiger partial charge is 0.497 e. The average Bonchev–Trinajstić information content (AvgIpc) is 2.64. The molecule has 1 saturated heterocycles. The summed E-state index contributed by atoms with van der Waals surface area (Å²) in [5, 5.41) is 3.45. The van der Waals surface area contributed by atoms with Crippen LogP contribution >= 0.6 is 24.0 Å². The van der Waals surface area contributed by atoms with Gasteiger partial charge < -0.3 is 19.7 Å². The first-order chi connectivity index (χ1) is 11.7. The highest BCUT2D eigenvalue weighted by Crippen LogP contribution is 2.18. The first kappa shape index (κ1) is 22.0. The molecule has 1 fully saturated rings. The number of halogens is 1. The molecule has 0 amide bonds. The van der Waals surface area contributed by atoms with Gasteiger partial charge in [-0.15, -0.1) is 24.0 Å². The lowest BCUT2D eigenvalue weighted by Gasteiger charge is -2.26. The minimum absolute atomic E-state index is 0. The molecule has 0 aromatic heterocycles. The van der Waals surface area contributed by atoms with E-state index in [-0.39, 0.29) is 24.0 Å². The second-order valence-electron chi connectivity index (χ2n) is 6.34. The van der Waals surface area contributed by atoms with Crippen LogP contribution in [0.25, 0.3) is 0 Å². The maximum Gasteiger partial charge on any atom is 0.193 e. The summed E-state index contributed by atoms with van der Waals surface area (Å²) in [6.45, 7) is 3.73. The van der Waals surface area contributed by atoms with Crippen molar-refractivity contribution in [3.63, 3.8) is 0 Å². The van der Waals surface area contributed by atoms with Gasteiger partial charge in [0, 0.05) is 40.4 Å². The average molecular weight is 461 g/mol. The third kappa shape index (κ3) is 7.81. The lowest BCUT2D eigenvalue weighted by molar-refractivity contribution is 0.0625. The number of guanidine groups is 1. The first-order valence-corrected chi connectivity index (χ1v) is 8.85. The molecule has 0 radical (unpaired) electrons. The van der Waals surface area contributed by atoms with E-state index in [9.17, 15) is 0 Å². The molecule has 25 heavy (non-hydrogen) atoms. The number of hydrogen-bond donors (Lipinski definition) is 1. The number of aliphatic imine (C=N–C) groups is 1. The molecule has 1 N–H and O–H groups in total. The molecule has 0 unspecified atom stereocenters. The van der Waals surface area contributed by atoms with E-state index >= 15 is 0 Å². The van der Waals surface area contributed by atoms with Crippen molar-refractivity contribution in [1.29, 1.82) is 0 Å². The molecule has 1 heterocycles. The zero-order valence-electron chi connectivity index (χ0n) is 15.7. The highest BCUT2D eigenvalue weighted by Gasteiger charge is 2.15. The number of rotatable bonds is 7. The van der Waals surface area contributed by atoms with Gasteiger partial charge in [-0.2, -0.15) is 0 Å². The maximum absolute atomic E-state index is 5.43. The number of benzene rings is 1. The Labute approximate surface area is 169 Å². The van der Waals surface area contributed by atoms with Gasteiger partial charge in [-0.1, -0.05) is 12.1 Å². The van der Waals surface area contributed by atoms with Crippen LogP contribution in [0.1, 0.15) is 24.8 Å². The van der Waals surface area contributed by atoms with Crippen LogP contribution < -0.4 is 10.1 Å².